The molecule has 4 rings (SSSR count). The Bertz CT molecular complexity index is 963. The smallest absolute Gasteiger partial charge is 0.181 e. The Morgan fingerprint density at radius 1 is 0.739 bits per heavy atom. The summed E-state index contributed by atoms with van der Waals surface area (Å²) in [4.78, 5) is 17.8. The van der Waals surface area contributed by atoms with Gasteiger partial charge in [0.15, 0.2) is 5.65 Å². The molecule has 2 aromatic carbocycles. The zero-order chi connectivity index (χ0) is 15.6. The molecule has 0 spiro atoms. The molecule has 4 heteroatoms. The van der Waals surface area contributed by atoms with E-state index in [2.05, 4.69) is 41.2 Å². The Labute approximate surface area is 133 Å². The Hall–Kier alpha value is -3.14. The molecule has 0 saturated heterocycles. The van der Waals surface area contributed by atoms with E-state index in [1.807, 2.05) is 30.3 Å². The van der Waals surface area contributed by atoms with Crippen LogP contribution in [-0.2, 0) is 0 Å². The molecule has 0 aliphatic heterocycles. The van der Waals surface area contributed by atoms with Crippen LogP contribution in [0.5, 0.6) is 0 Å². The first-order chi connectivity index (χ1) is 11.3. The highest BCUT2D eigenvalue weighted by molar-refractivity contribution is 5.84. The molecule has 23 heavy (non-hydrogen) atoms. The molecule has 0 radical (unpaired) electrons. The number of benzene rings is 2. The third kappa shape index (κ3) is 2.55. The molecule has 0 unspecified atom stereocenters. The van der Waals surface area contributed by atoms with Gasteiger partial charge in [-0.15, -0.1) is 0 Å². The number of hydrogen-bond acceptors (Lipinski definition) is 4. The molecule has 0 aliphatic carbocycles. The maximum absolute atomic E-state index is 4.76. The second kappa shape index (κ2) is 5.57. The molecule has 0 N–H and O–H groups in total. The number of hydrogen-bond donors (Lipinski definition) is 0. The first kappa shape index (κ1) is 13.5. The lowest BCUT2D eigenvalue weighted by Crippen LogP contribution is -1.97. The maximum atomic E-state index is 4.76. The summed E-state index contributed by atoms with van der Waals surface area (Å²) in [5.41, 5.74) is 6.26. The molecular formula is C19H14N4. The third-order valence-electron chi connectivity index (χ3n) is 3.72. The quantitative estimate of drug-likeness (QED) is 0.560. The van der Waals surface area contributed by atoms with Crippen molar-refractivity contribution in [2.45, 2.75) is 6.92 Å². The minimum atomic E-state index is 0.606. The Kier molecular flexibility index (Phi) is 3.27. The van der Waals surface area contributed by atoms with Crippen molar-refractivity contribution in [1.82, 2.24) is 19.9 Å². The van der Waals surface area contributed by atoms with Crippen LogP contribution in [0.25, 0.3) is 33.7 Å². The summed E-state index contributed by atoms with van der Waals surface area (Å²) in [7, 11) is 0. The van der Waals surface area contributed by atoms with Crippen molar-refractivity contribution < 1.29 is 0 Å². The summed E-state index contributed by atoms with van der Waals surface area (Å²) in [5, 5.41) is 0. The van der Waals surface area contributed by atoms with E-state index in [1.165, 1.54) is 11.9 Å². The summed E-state index contributed by atoms with van der Waals surface area (Å²) in [6.07, 6.45) is 3.19. The van der Waals surface area contributed by atoms with Gasteiger partial charge in [-0.1, -0.05) is 60.2 Å². The van der Waals surface area contributed by atoms with Crippen LogP contribution >= 0.6 is 0 Å². The van der Waals surface area contributed by atoms with Gasteiger partial charge in [-0.05, 0) is 6.92 Å². The van der Waals surface area contributed by atoms with Crippen LogP contribution in [0.1, 0.15) is 5.56 Å². The topological polar surface area (TPSA) is 51.6 Å². The first-order valence-electron chi connectivity index (χ1n) is 7.41. The van der Waals surface area contributed by atoms with Crippen LogP contribution in [0.4, 0.5) is 0 Å². The number of fused-ring (bicyclic) bond motifs is 1. The normalized spacial score (nSPS) is 10.8. The maximum Gasteiger partial charge on any atom is 0.181 e. The lowest BCUT2D eigenvalue weighted by Gasteiger charge is -2.10. The first-order valence-corrected chi connectivity index (χ1v) is 7.41. The predicted molar refractivity (Wildman–Crippen MR) is 90.7 cm³/mol. The molecule has 2 aromatic heterocycles. The summed E-state index contributed by atoms with van der Waals surface area (Å²) >= 11 is 0. The van der Waals surface area contributed by atoms with Gasteiger partial charge in [0, 0.05) is 11.1 Å². The summed E-state index contributed by atoms with van der Waals surface area (Å²) in [5.74, 6) is 0. The van der Waals surface area contributed by atoms with Crippen LogP contribution in [0, 0.1) is 6.92 Å². The van der Waals surface area contributed by atoms with Crippen molar-refractivity contribution in [3.05, 3.63) is 72.7 Å². The van der Waals surface area contributed by atoms with Gasteiger partial charge in [0.25, 0.3) is 0 Å². The molecule has 0 aliphatic rings. The Morgan fingerprint density at radius 2 is 1.43 bits per heavy atom. The van der Waals surface area contributed by atoms with E-state index in [-0.39, 0.29) is 0 Å². The van der Waals surface area contributed by atoms with Gasteiger partial charge in [-0.3, -0.25) is 0 Å². The van der Waals surface area contributed by atoms with Crippen molar-refractivity contribution >= 4 is 11.2 Å². The van der Waals surface area contributed by atoms with Crippen LogP contribution in [-0.4, -0.2) is 19.9 Å². The number of aryl methyl sites for hydroxylation is 1. The highest BCUT2D eigenvalue weighted by Gasteiger charge is 2.13. The fraction of sp³-hybridized carbons (Fsp3) is 0.0526. The van der Waals surface area contributed by atoms with Gasteiger partial charge >= 0.3 is 0 Å². The highest BCUT2D eigenvalue weighted by Crippen LogP contribution is 2.30. The molecule has 0 saturated carbocycles. The molecule has 2 heterocycles. The second-order valence-electron chi connectivity index (χ2n) is 5.38. The largest absolute Gasteiger partial charge is 0.242 e. The standard InChI is InChI=1S/C19H14N4/c1-13-7-9-15(10-8-13)17-18(14-5-3-2-4-6-14)23-19-16(22-17)11-20-12-21-19/h2-12H,1H3. The minimum absolute atomic E-state index is 0.606. The second-order valence-corrected chi connectivity index (χ2v) is 5.38. The summed E-state index contributed by atoms with van der Waals surface area (Å²) in [6.45, 7) is 2.07. The number of rotatable bonds is 2. The van der Waals surface area contributed by atoms with E-state index in [1.54, 1.807) is 6.20 Å². The molecule has 0 atom stereocenters. The number of nitrogens with zero attached hydrogens (tertiary/aromatic N) is 4. The van der Waals surface area contributed by atoms with E-state index >= 15 is 0 Å². The molecule has 0 fully saturated rings. The van der Waals surface area contributed by atoms with Crippen molar-refractivity contribution in [3.63, 3.8) is 0 Å². The van der Waals surface area contributed by atoms with Gasteiger partial charge < -0.3 is 0 Å². The fourth-order valence-electron chi connectivity index (χ4n) is 2.52. The lowest BCUT2D eigenvalue weighted by atomic mass is 10.0. The van der Waals surface area contributed by atoms with Gasteiger partial charge in [0.2, 0.25) is 0 Å². The highest BCUT2D eigenvalue weighted by atomic mass is 15.0. The lowest BCUT2D eigenvalue weighted by molar-refractivity contribution is 1.15. The zero-order valence-electron chi connectivity index (χ0n) is 12.6. The average Bonchev–Trinajstić information content (AvgIpc) is 2.62. The minimum Gasteiger partial charge on any atom is -0.242 e. The SMILES string of the molecule is Cc1ccc(-c2nc3cncnc3nc2-c2ccccc2)cc1. The van der Waals surface area contributed by atoms with Crippen molar-refractivity contribution in [2.75, 3.05) is 0 Å². The predicted octanol–water partition coefficient (Wildman–Crippen LogP) is 4.06. The van der Waals surface area contributed by atoms with E-state index in [0.29, 0.717) is 11.2 Å². The molecule has 0 amide bonds. The Balaban J connectivity index is 2.02. The van der Waals surface area contributed by atoms with E-state index in [0.717, 1.165) is 22.5 Å². The molecule has 4 aromatic rings. The summed E-state index contributed by atoms with van der Waals surface area (Å²) in [6, 6.07) is 18.4. The van der Waals surface area contributed by atoms with Crippen LogP contribution in [0.15, 0.2) is 67.1 Å². The van der Waals surface area contributed by atoms with Crippen LogP contribution < -0.4 is 0 Å². The third-order valence-corrected chi connectivity index (χ3v) is 3.72. The van der Waals surface area contributed by atoms with Gasteiger partial charge in [-0.2, -0.15) is 0 Å². The van der Waals surface area contributed by atoms with Gasteiger partial charge in [-0.25, -0.2) is 19.9 Å². The fourth-order valence-corrected chi connectivity index (χ4v) is 2.52. The van der Waals surface area contributed by atoms with E-state index in [9.17, 15) is 0 Å². The molecule has 110 valence electrons. The summed E-state index contributed by atoms with van der Waals surface area (Å²) < 4.78 is 0. The molecule has 4 nitrogen and oxygen atoms in total. The Morgan fingerprint density at radius 3 is 2.22 bits per heavy atom. The van der Waals surface area contributed by atoms with Crippen LogP contribution in [0.3, 0.4) is 0 Å². The zero-order valence-corrected chi connectivity index (χ0v) is 12.6. The molecular weight excluding hydrogens is 284 g/mol. The number of aromatic nitrogens is 4. The molecule has 0 bridgehead atoms. The van der Waals surface area contributed by atoms with E-state index in [4.69, 9.17) is 9.97 Å². The van der Waals surface area contributed by atoms with Crippen molar-refractivity contribution in [1.29, 1.82) is 0 Å². The van der Waals surface area contributed by atoms with E-state index < -0.39 is 0 Å². The van der Waals surface area contributed by atoms with Crippen LogP contribution in [0.2, 0.25) is 0 Å². The van der Waals surface area contributed by atoms with Gasteiger partial charge in [0.1, 0.15) is 11.8 Å². The average molecular weight is 298 g/mol. The van der Waals surface area contributed by atoms with Gasteiger partial charge in [0.05, 0.1) is 17.6 Å². The van der Waals surface area contributed by atoms with Crippen molar-refractivity contribution in [2.24, 2.45) is 0 Å². The monoisotopic (exact) mass is 298 g/mol. The van der Waals surface area contributed by atoms with Crippen molar-refractivity contribution in [3.8, 4) is 22.5 Å².